The molecule has 0 fully saturated rings. The van der Waals surface area contributed by atoms with Crippen molar-refractivity contribution < 1.29 is 31.4 Å². The van der Waals surface area contributed by atoms with Gasteiger partial charge in [-0.05, 0) is 36.4 Å². The Bertz CT molecular complexity index is 1330. The van der Waals surface area contributed by atoms with E-state index in [0.717, 1.165) is 11.0 Å². The first-order valence-electron chi connectivity index (χ1n) is 9.80. The first-order valence-corrected chi connectivity index (χ1v) is 9.80. The fraction of sp³-hybridized carbons (Fsp3) is 0.143. The maximum atomic E-state index is 13.1. The van der Waals surface area contributed by atoms with Crippen LogP contribution in [0.5, 0.6) is 0 Å². The SMILES string of the molecule is OC(/C=C\n1cnc(-c2cc(C(F)(F)F)cc(C(F)(F)F)c2)n1)NNc1cnc2ccccc2n1. The highest BCUT2D eigenvalue weighted by Crippen LogP contribution is 2.38. The maximum Gasteiger partial charge on any atom is 0.416 e. The number of rotatable bonds is 6. The van der Waals surface area contributed by atoms with Crippen molar-refractivity contribution in [2.45, 2.75) is 18.6 Å². The highest BCUT2D eigenvalue weighted by Gasteiger charge is 2.37. The van der Waals surface area contributed by atoms with Crippen LogP contribution >= 0.6 is 0 Å². The van der Waals surface area contributed by atoms with E-state index in [0.29, 0.717) is 29.0 Å². The third-order valence-corrected chi connectivity index (χ3v) is 4.57. The van der Waals surface area contributed by atoms with Crippen LogP contribution in [0.25, 0.3) is 28.6 Å². The predicted octanol–water partition coefficient (Wildman–Crippen LogP) is 4.33. The molecule has 14 heteroatoms. The molecule has 2 heterocycles. The molecular weight excluding hydrogens is 480 g/mol. The van der Waals surface area contributed by atoms with Crippen LogP contribution in [0.1, 0.15) is 11.1 Å². The highest BCUT2D eigenvalue weighted by molar-refractivity contribution is 5.75. The number of hydrazine groups is 1. The third-order valence-electron chi connectivity index (χ3n) is 4.57. The quantitative estimate of drug-likeness (QED) is 0.208. The Morgan fingerprint density at radius 2 is 1.57 bits per heavy atom. The molecule has 0 aliphatic heterocycles. The zero-order valence-electron chi connectivity index (χ0n) is 17.4. The fourth-order valence-electron chi connectivity index (χ4n) is 2.95. The van der Waals surface area contributed by atoms with Crippen LogP contribution in [0.2, 0.25) is 0 Å². The van der Waals surface area contributed by atoms with Crippen LogP contribution < -0.4 is 10.9 Å². The van der Waals surface area contributed by atoms with E-state index in [-0.39, 0.29) is 11.9 Å². The molecule has 0 saturated carbocycles. The van der Waals surface area contributed by atoms with E-state index in [9.17, 15) is 31.4 Å². The number of aliphatic hydroxyl groups is 1. The minimum absolute atomic E-state index is 0.0232. The molecule has 182 valence electrons. The second-order valence-corrected chi connectivity index (χ2v) is 7.14. The maximum absolute atomic E-state index is 13.1. The number of nitrogens with one attached hydrogen (secondary N) is 2. The second kappa shape index (κ2) is 9.31. The zero-order chi connectivity index (χ0) is 25.2. The van der Waals surface area contributed by atoms with E-state index < -0.39 is 35.3 Å². The average molecular weight is 495 g/mol. The molecule has 0 spiro atoms. The van der Waals surface area contributed by atoms with Gasteiger partial charge in [-0.3, -0.25) is 4.98 Å². The van der Waals surface area contributed by atoms with E-state index >= 15 is 0 Å². The molecule has 35 heavy (non-hydrogen) atoms. The number of nitrogens with zero attached hydrogens (tertiary/aromatic N) is 5. The van der Waals surface area contributed by atoms with Crippen LogP contribution in [-0.2, 0) is 12.4 Å². The summed E-state index contributed by atoms with van der Waals surface area (Å²) < 4.78 is 79.4. The fourth-order valence-corrected chi connectivity index (χ4v) is 2.95. The molecule has 4 aromatic rings. The number of anilines is 1. The van der Waals surface area contributed by atoms with Gasteiger partial charge in [0.1, 0.15) is 12.6 Å². The van der Waals surface area contributed by atoms with Crippen LogP contribution in [-0.4, -0.2) is 36.1 Å². The summed E-state index contributed by atoms with van der Waals surface area (Å²) in [6.45, 7) is 0. The third kappa shape index (κ3) is 5.91. The summed E-state index contributed by atoms with van der Waals surface area (Å²) in [7, 11) is 0. The van der Waals surface area contributed by atoms with Crippen molar-refractivity contribution in [2.75, 3.05) is 5.43 Å². The van der Waals surface area contributed by atoms with E-state index in [4.69, 9.17) is 0 Å². The lowest BCUT2D eigenvalue weighted by Gasteiger charge is -2.13. The molecule has 2 aromatic heterocycles. The Hall–Kier alpha value is -4.04. The summed E-state index contributed by atoms with van der Waals surface area (Å²) in [5.74, 6) is -0.0394. The zero-order valence-corrected chi connectivity index (χ0v) is 17.4. The van der Waals surface area contributed by atoms with Gasteiger partial charge < -0.3 is 10.5 Å². The number of hydrogen-bond acceptors (Lipinski definition) is 7. The van der Waals surface area contributed by atoms with Gasteiger partial charge in [-0.1, -0.05) is 12.1 Å². The van der Waals surface area contributed by atoms with E-state index in [1.165, 1.54) is 18.5 Å². The molecule has 3 N–H and O–H groups in total. The second-order valence-electron chi connectivity index (χ2n) is 7.14. The van der Waals surface area contributed by atoms with Gasteiger partial charge in [-0.15, -0.1) is 5.10 Å². The first kappa shape index (κ1) is 24.1. The number of fused-ring (bicyclic) bond motifs is 1. The summed E-state index contributed by atoms with van der Waals surface area (Å²) in [5, 5.41) is 13.9. The van der Waals surface area contributed by atoms with Crippen molar-refractivity contribution in [3.05, 3.63) is 72.2 Å². The summed E-state index contributed by atoms with van der Waals surface area (Å²) in [5.41, 5.74) is 3.08. The Labute approximate surface area is 192 Å². The first-order chi connectivity index (χ1) is 16.5. The molecular formula is C21H15F6N7O. The number of hydrogen-bond donors (Lipinski definition) is 3. The van der Waals surface area contributed by atoms with Gasteiger partial charge >= 0.3 is 12.4 Å². The largest absolute Gasteiger partial charge is 0.416 e. The van der Waals surface area contributed by atoms with E-state index in [2.05, 4.69) is 30.9 Å². The topological polar surface area (TPSA) is 101 Å². The highest BCUT2D eigenvalue weighted by atomic mass is 19.4. The van der Waals surface area contributed by atoms with Gasteiger partial charge in [-0.2, -0.15) is 26.3 Å². The van der Waals surface area contributed by atoms with Gasteiger partial charge in [-0.25, -0.2) is 20.1 Å². The molecule has 2 aromatic carbocycles. The Morgan fingerprint density at radius 1 is 0.914 bits per heavy atom. The molecule has 1 unspecified atom stereocenters. The monoisotopic (exact) mass is 495 g/mol. The molecule has 0 aliphatic carbocycles. The van der Waals surface area contributed by atoms with Crippen LogP contribution in [0.15, 0.2) is 61.1 Å². The number of aliphatic hydroxyl groups excluding tert-OH is 1. The summed E-state index contributed by atoms with van der Waals surface area (Å²) in [6, 6.07) is 8.24. The Kier molecular flexibility index (Phi) is 6.41. The lowest BCUT2D eigenvalue weighted by atomic mass is 10.0. The lowest BCUT2D eigenvalue weighted by molar-refractivity contribution is -0.143. The minimum atomic E-state index is -4.99. The summed E-state index contributed by atoms with van der Waals surface area (Å²) in [4.78, 5) is 12.3. The molecule has 0 radical (unpaired) electrons. The summed E-state index contributed by atoms with van der Waals surface area (Å²) in [6.07, 6.45) is -6.34. The van der Waals surface area contributed by atoms with Crippen LogP contribution in [0.4, 0.5) is 32.2 Å². The average Bonchev–Trinajstić information content (AvgIpc) is 3.29. The summed E-state index contributed by atoms with van der Waals surface area (Å²) >= 11 is 0. The van der Waals surface area contributed by atoms with Gasteiger partial charge in [0.15, 0.2) is 11.6 Å². The van der Waals surface area contributed by atoms with E-state index in [1.54, 1.807) is 18.2 Å². The lowest BCUT2D eigenvalue weighted by Crippen LogP contribution is -2.32. The number of para-hydroxylation sites is 2. The number of aromatic nitrogens is 5. The van der Waals surface area contributed by atoms with Crippen molar-refractivity contribution in [3.63, 3.8) is 0 Å². The van der Waals surface area contributed by atoms with Gasteiger partial charge in [0, 0.05) is 11.8 Å². The van der Waals surface area contributed by atoms with Gasteiger partial charge in [0.2, 0.25) is 0 Å². The normalized spacial score (nSPS) is 13.5. The minimum Gasteiger partial charge on any atom is -0.373 e. The molecule has 0 bridgehead atoms. The van der Waals surface area contributed by atoms with Gasteiger partial charge in [0.05, 0.1) is 28.4 Å². The van der Waals surface area contributed by atoms with Crippen molar-refractivity contribution in [2.24, 2.45) is 0 Å². The standard InChI is InChI=1S/C21H15F6N7O/c22-20(23,24)13-7-12(8-14(9-13)21(25,26)27)19-29-11-34(33-19)6-5-18(35)32-31-17-10-28-15-3-1-2-4-16(15)30-17/h1-11,18,32,35H,(H,30,31)/b6-5-. The van der Waals surface area contributed by atoms with Crippen LogP contribution in [0, 0.1) is 0 Å². The molecule has 8 nitrogen and oxygen atoms in total. The number of alkyl halides is 6. The van der Waals surface area contributed by atoms with Crippen molar-refractivity contribution >= 4 is 23.1 Å². The number of halogens is 6. The van der Waals surface area contributed by atoms with Crippen LogP contribution in [0.3, 0.4) is 0 Å². The molecule has 0 saturated heterocycles. The molecule has 0 amide bonds. The van der Waals surface area contributed by atoms with Crippen molar-refractivity contribution in [3.8, 4) is 11.4 Å². The van der Waals surface area contributed by atoms with E-state index in [1.807, 2.05) is 6.07 Å². The number of benzene rings is 2. The predicted molar refractivity (Wildman–Crippen MR) is 113 cm³/mol. The Morgan fingerprint density at radius 3 is 2.23 bits per heavy atom. The van der Waals surface area contributed by atoms with Crippen molar-refractivity contribution in [1.29, 1.82) is 0 Å². The van der Waals surface area contributed by atoms with Gasteiger partial charge in [0.25, 0.3) is 0 Å². The smallest absolute Gasteiger partial charge is 0.373 e. The van der Waals surface area contributed by atoms with Crippen molar-refractivity contribution in [1.82, 2.24) is 30.2 Å². The molecule has 0 aliphatic rings. The Balaban J connectivity index is 1.46. The molecule has 1 atom stereocenters. The molecule has 4 rings (SSSR count).